The van der Waals surface area contributed by atoms with Crippen LogP contribution in [0.3, 0.4) is 0 Å². The number of likely N-dealkylation sites (tertiary alicyclic amines) is 1. The first-order valence-electron chi connectivity index (χ1n) is 17.4. The highest BCUT2D eigenvalue weighted by atomic mass is 32.2. The number of sulfonamides is 1. The number of ether oxygens (including phenoxy) is 3. The molecule has 3 aromatic rings. The van der Waals surface area contributed by atoms with Crippen LogP contribution in [0.5, 0.6) is 11.5 Å². The summed E-state index contributed by atoms with van der Waals surface area (Å²) in [6, 6.07) is 15.9. The van der Waals surface area contributed by atoms with Crippen molar-refractivity contribution in [2.45, 2.75) is 77.2 Å². The van der Waals surface area contributed by atoms with Crippen LogP contribution >= 0.6 is 0 Å². The van der Waals surface area contributed by atoms with Crippen molar-refractivity contribution >= 4 is 44.7 Å². The molecular formula is C37H47N5O9S. The number of amides is 4. The lowest BCUT2D eigenvalue weighted by Gasteiger charge is -2.27. The van der Waals surface area contributed by atoms with Crippen LogP contribution < -0.4 is 24.8 Å². The zero-order valence-corrected chi connectivity index (χ0v) is 31.1. The number of nitrogens with one attached hydrogen (secondary N) is 3. The second-order valence-corrected chi connectivity index (χ2v) is 15.7. The zero-order chi connectivity index (χ0) is 37.8. The summed E-state index contributed by atoms with van der Waals surface area (Å²) < 4.78 is 43.1. The lowest BCUT2D eigenvalue weighted by molar-refractivity contribution is -0.140. The van der Waals surface area contributed by atoms with Crippen molar-refractivity contribution in [3.05, 3.63) is 54.6 Å². The average Bonchev–Trinajstić information content (AvgIpc) is 3.65. The van der Waals surface area contributed by atoms with E-state index in [4.69, 9.17) is 19.2 Å². The maximum atomic E-state index is 14.1. The van der Waals surface area contributed by atoms with Crippen molar-refractivity contribution in [3.63, 3.8) is 0 Å². The number of rotatable bonds is 14. The Morgan fingerprint density at radius 3 is 2.42 bits per heavy atom. The molecular weight excluding hydrogens is 691 g/mol. The van der Waals surface area contributed by atoms with Crippen LogP contribution in [-0.4, -0.2) is 92.4 Å². The first-order valence-corrected chi connectivity index (χ1v) is 19.3. The highest BCUT2D eigenvalue weighted by molar-refractivity contribution is 7.89. The fourth-order valence-corrected chi connectivity index (χ4v) is 7.14. The second-order valence-electron chi connectivity index (χ2n) is 13.9. The molecule has 0 bridgehead atoms. The summed E-state index contributed by atoms with van der Waals surface area (Å²) in [5, 5.41) is 6.20. The van der Waals surface area contributed by atoms with Gasteiger partial charge in [-0.1, -0.05) is 50.6 Å². The molecule has 2 aliphatic rings. The zero-order valence-electron chi connectivity index (χ0n) is 30.3. The number of aromatic nitrogens is 1. The minimum absolute atomic E-state index is 0.00584. The molecule has 3 N–H and O–H groups in total. The fraction of sp³-hybridized carbons (Fsp3) is 0.486. The molecule has 280 valence electrons. The normalized spacial score (nSPS) is 21.7. The Balaban J connectivity index is 1.42. The number of fused-ring (bicyclic) bond motifs is 1. The topological polar surface area (TPSA) is 182 Å². The standard InChI is InChI=1S/C37H47N5O9S/c1-7-25-19-37(25,35(45)41-52(6,47)48)40-34(44)31-17-27(21-42(31)33(43)15-23(4)20-38-36(46)50-22(2)3)51-32-18-29(24-11-9-8-10-12-24)39-30-16-26(49-5)13-14-28(30)32/h8-14,16,18,22-23,25,27,31H,7,15,17,19-21H2,1-6H3,(H,38,46)(H,40,44)(H,41,45). The van der Waals surface area contributed by atoms with Crippen molar-refractivity contribution in [1.29, 1.82) is 0 Å². The van der Waals surface area contributed by atoms with Crippen molar-refractivity contribution in [2.24, 2.45) is 11.8 Å². The first kappa shape index (κ1) is 38.3. The number of benzene rings is 2. The van der Waals surface area contributed by atoms with Gasteiger partial charge in [-0.05, 0) is 44.2 Å². The molecule has 2 fully saturated rings. The molecule has 1 saturated carbocycles. The first-order chi connectivity index (χ1) is 24.6. The van der Waals surface area contributed by atoms with Gasteiger partial charge in [-0.25, -0.2) is 18.2 Å². The van der Waals surface area contributed by atoms with Crippen molar-refractivity contribution in [2.75, 3.05) is 26.5 Å². The molecule has 4 amide bonds. The molecule has 5 rings (SSSR count). The largest absolute Gasteiger partial charge is 0.497 e. The van der Waals surface area contributed by atoms with Crippen LogP contribution in [0, 0.1) is 11.8 Å². The maximum Gasteiger partial charge on any atom is 0.407 e. The van der Waals surface area contributed by atoms with E-state index in [-0.39, 0.29) is 56.2 Å². The molecule has 2 aromatic carbocycles. The van der Waals surface area contributed by atoms with Crippen LogP contribution in [0.4, 0.5) is 4.79 Å². The number of hydrogen-bond acceptors (Lipinski definition) is 10. The lowest BCUT2D eigenvalue weighted by atomic mass is 10.1. The molecule has 1 aliphatic heterocycles. The minimum atomic E-state index is -3.89. The van der Waals surface area contributed by atoms with Crippen LogP contribution in [0.25, 0.3) is 22.2 Å². The summed E-state index contributed by atoms with van der Waals surface area (Å²) in [4.78, 5) is 59.5. The molecule has 14 nitrogen and oxygen atoms in total. The Morgan fingerprint density at radius 2 is 1.79 bits per heavy atom. The van der Waals surface area contributed by atoms with Gasteiger partial charge < -0.3 is 29.7 Å². The van der Waals surface area contributed by atoms with Gasteiger partial charge in [0.15, 0.2) is 0 Å². The van der Waals surface area contributed by atoms with Gasteiger partial charge in [-0.2, -0.15) is 0 Å². The van der Waals surface area contributed by atoms with E-state index in [0.717, 1.165) is 11.8 Å². The van der Waals surface area contributed by atoms with Crippen LogP contribution in [-0.2, 0) is 29.1 Å². The van der Waals surface area contributed by atoms with E-state index in [2.05, 4.69) is 10.6 Å². The van der Waals surface area contributed by atoms with Crippen LogP contribution in [0.1, 0.15) is 53.4 Å². The number of carbonyl (C=O) groups excluding carboxylic acids is 4. The molecule has 0 spiro atoms. The third-order valence-corrected chi connectivity index (χ3v) is 9.87. The molecule has 15 heteroatoms. The number of hydrogen-bond donors (Lipinski definition) is 3. The van der Waals surface area contributed by atoms with Crippen molar-refractivity contribution in [1.82, 2.24) is 25.2 Å². The Morgan fingerprint density at radius 1 is 1.06 bits per heavy atom. The SMILES string of the molecule is CCC1CC1(NC(=O)C1CC(Oc2cc(-c3ccccc3)nc3cc(OC)ccc23)CN1C(=O)CC(C)CNC(=O)OC(C)C)C(=O)NS(C)(=O)=O. The molecule has 1 aromatic heterocycles. The molecule has 5 unspecified atom stereocenters. The fourth-order valence-electron chi connectivity index (χ4n) is 6.62. The average molecular weight is 738 g/mol. The lowest BCUT2D eigenvalue weighted by Crippen LogP contribution is -2.56. The molecule has 52 heavy (non-hydrogen) atoms. The van der Waals surface area contributed by atoms with E-state index in [1.807, 2.05) is 60.2 Å². The highest BCUT2D eigenvalue weighted by Crippen LogP contribution is 2.46. The number of pyridine rings is 1. The van der Waals surface area contributed by atoms with E-state index in [1.54, 1.807) is 33.9 Å². The Hall–Kier alpha value is -4.92. The number of methoxy groups -OCH3 is 1. The molecule has 0 radical (unpaired) electrons. The number of carbonyl (C=O) groups is 4. The van der Waals surface area contributed by atoms with Gasteiger partial charge in [0, 0.05) is 42.5 Å². The van der Waals surface area contributed by atoms with Gasteiger partial charge >= 0.3 is 6.09 Å². The van der Waals surface area contributed by atoms with Crippen molar-refractivity contribution < 1.29 is 41.8 Å². The summed E-state index contributed by atoms with van der Waals surface area (Å²) in [6.45, 7) is 7.35. The number of alkyl carbamates (subject to hydrolysis) is 1. The van der Waals surface area contributed by atoms with E-state index < -0.39 is 45.6 Å². The van der Waals surface area contributed by atoms with Gasteiger partial charge in [0.25, 0.3) is 5.91 Å². The summed E-state index contributed by atoms with van der Waals surface area (Å²) in [5.74, 6) is -1.19. The predicted molar refractivity (Wildman–Crippen MR) is 194 cm³/mol. The van der Waals surface area contributed by atoms with Gasteiger partial charge in [-0.3, -0.25) is 19.1 Å². The second kappa shape index (κ2) is 15.8. The smallest absolute Gasteiger partial charge is 0.407 e. The van der Waals surface area contributed by atoms with Crippen LogP contribution in [0.2, 0.25) is 0 Å². The van der Waals surface area contributed by atoms with Gasteiger partial charge in [0.2, 0.25) is 21.8 Å². The van der Waals surface area contributed by atoms with Gasteiger partial charge in [0.1, 0.15) is 29.2 Å². The van der Waals surface area contributed by atoms with E-state index >= 15 is 0 Å². The maximum absolute atomic E-state index is 14.1. The molecule has 2 heterocycles. The predicted octanol–water partition coefficient (Wildman–Crippen LogP) is 3.78. The van der Waals surface area contributed by atoms with Crippen LogP contribution in [0.15, 0.2) is 54.6 Å². The summed E-state index contributed by atoms with van der Waals surface area (Å²) >= 11 is 0. The third kappa shape index (κ3) is 9.11. The van der Waals surface area contributed by atoms with E-state index in [1.165, 1.54) is 4.90 Å². The Kier molecular flexibility index (Phi) is 11.6. The summed E-state index contributed by atoms with van der Waals surface area (Å²) in [6.07, 6.45) is 0.258. The Bertz CT molecular complexity index is 1920. The number of nitrogens with zero attached hydrogens (tertiary/aromatic N) is 2. The quantitative estimate of drug-likeness (QED) is 0.220. The highest BCUT2D eigenvalue weighted by Gasteiger charge is 2.61. The van der Waals surface area contributed by atoms with E-state index in [0.29, 0.717) is 34.5 Å². The van der Waals surface area contributed by atoms with Gasteiger partial charge in [-0.15, -0.1) is 0 Å². The van der Waals surface area contributed by atoms with Gasteiger partial charge in [0.05, 0.1) is 37.2 Å². The third-order valence-electron chi connectivity index (χ3n) is 9.32. The molecule has 1 saturated heterocycles. The monoisotopic (exact) mass is 737 g/mol. The summed E-state index contributed by atoms with van der Waals surface area (Å²) in [7, 11) is -2.31. The van der Waals surface area contributed by atoms with E-state index in [9.17, 15) is 27.6 Å². The Labute approximate surface area is 304 Å². The minimum Gasteiger partial charge on any atom is -0.497 e. The molecule has 1 aliphatic carbocycles. The molecule has 5 atom stereocenters. The summed E-state index contributed by atoms with van der Waals surface area (Å²) in [5.41, 5.74) is 0.741. The van der Waals surface area contributed by atoms with Crippen molar-refractivity contribution in [3.8, 4) is 22.8 Å².